The van der Waals surface area contributed by atoms with Gasteiger partial charge in [-0.25, -0.2) is 0 Å². The van der Waals surface area contributed by atoms with Crippen LogP contribution in [0.3, 0.4) is 0 Å². The maximum absolute atomic E-state index is 11.8. The fraction of sp³-hybridized carbons (Fsp3) is 0.286. The van der Waals surface area contributed by atoms with E-state index in [0.29, 0.717) is 24.0 Å². The Morgan fingerprint density at radius 1 is 1.37 bits per heavy atom. The first-order valence-electron chi connectivity index (χ1n) is 6.24. The SMILES string of the molecule is CC(C)c1ccc(CNC(=O)c2cc(N)n[nH]2)cc1. The molecule has 2 rings (SSSR count). The third-order valence-electron chi connectivity index (χ3n) is 2.94. The van der Waals surface area contributed by atoms with Gasteiger partial charge in [-0.1, -0.05) is 38.1 Å². The number of rotatable bonds is 4. The summed E-state index contributed by atoms with van der Waals surface area (Å²) < 4.78 is 0. The van der Waals surface area contributed by atoms with Gasteiger partial charge in [0, 0.05) is 12.6 Å². The minimum Gasteiger partial charge on any atom is -0.382 e. The summed E-state index contributed by atoms with van der Waals surface area (Å²) >= 11 is 0. The number of aromatic amines is 1. The molecule has 4 N–H and O–H groups in total. The molecule has 1 amide bonds. The smallest absolute Gasteiger partial charge is 0.269 e. The molecule has 1 aromatic heterocycles. The highest BCUT2D eigenvalue weighted by molar-refractivity contribution is 5.92. The van der Waals surface area contributed by atoms with Crippen molar-refractivity contribution in [3.63, 3.8) is 0 Å². The summed E-state index contributed by atoms with van der Waals surface area (Å²) in [5, 5.41) is 9.11. The van der Waals surface area contributed by atoms with E-state index >= 15 is 0 Å². The molecule has 0 bridgehead atoms. The van der Waals surface area contributed by atoms with Crippen LogP contribution in [0, 0.1) is 0 Å². The highest BCUT2D eigenvalue weighted by Crippen LogP contribution is 2.14. The summed E-state index contributed by atoms with van der Waals surface area (Å²) in [6, 6.07) is 9.73. The predicted octanol–water partition coefficient (Wildman–Crippen LogP) is 2.05. The number of H-pyrrole nitrogens is 1. The first kappa shape index (κ1) is 13.1. The Morgan fingerprint density at radius 3 is 2.58 bits per heavy atom. The van der Waals surface area contributed by atoms with E-state index in [4.69, 9.17) is 5.73 Å². The van der Waals surface area contributed by atoms with E-state index in [1.807, 2.05) is 12.1 Å². The van der Waals surface area contributed by atoms with Gasteiger partial charge in [0.15, 0.2) is 0 Å². The Labute approximate surface area is 112 Å². The molecule has 0 aliphatic heterocycles. The largest absolute Gasteiger partial charge is 0.382 e. The monoisotopic (exact) mass is 258 g/mol. The third-order valence-corrected chi connectivity index (χ3v) is 2.94. The van der Waals surface area contributed by atoms with Crippen LogP contribution >= 0.6 is 0 Å². The molecule has 0 spiro atoms. The van der Waals surface area contributed by atoms with Crippen molar-refractivity contribution in [2.45, 2.75) is 26.3 Å². The molecule has 19 heavy (non-hydrogen) atoms. The molecule has 0 fully saturated rings. The van der Waals surface area contributed by atoms with Gasteiger partial charge in [0.1, 0.15) is 11.5 Å². The molecule has 5 nitrogen and oxygen atoms in total. The number of amides is 1. The van der Waals surface area contributed by atoms with E-state index in [1.54, 1.807) is 0 Å². The number of carbonyl (C=O) groups excluding carboxylic acids is 1. The summed E-state index contributed by atoms with van der Waals surface area (Å²) in [6.45, 7) is 4.79. The van der Waals surface area contributed by atoms with Gasteiger partial charge in [-0.15, -0.1) is 0 Å². The molecule has 0 saturated carbocycles. The number of hydrogen-bond donors (Lipinski definition) is 3. The zero-order valence-electron chi connectivity index (χ0n) is 11.1. The van der Waals surface area contributed by atoms with E-state index in [2.05, 4.69) is 41.5 Å². The highest BCUT2D eigenvalue weighted by Gasteiger charge is 2.08. The number of benzene rings is 1. The quantitative estimate of drug-likeness (QED) is 0.784. The summed E-state index contributed by atoms with van der Waals surface area (Å²) in [5.74, 6) is 0.611. The number of nitrogens with two attached hydrogens (primary N) is 1. The summed E-state index contributed by atoms with van der Waals surface area (Å²) in [4.78, 5) is 11.8. The van der Waals surface area contributed by atoms with Gasteiger partial charge < -0.3 is 11.1 Å². The number of anilines is 1. The van der Waals surface area contributed by atoms with E-state index in [1.165, 1.54) is 11.6 Å². The van der Waals surface area contributed by atoms with E-state index in [0.717, 1.165) is 5.56 Å². The zero-order chi connectivity index (χ0) is 13.8. The van der Waals surface area contributed by atoms with Crippen molar-refractivity contribution < 1.29 is 4.79 Å². The lowest BCUT2D eigenvalue weighted by atomic mass is 10.0. The Kier molecular flexibility index (Phi) is 3.85. The number of aromatic nitrogens is 2. The van der Waals surface area contributed by atoms with Crippen molar-refractivity contribution in [3.05, 3.63) is 47.2 Å². The number of nitrogens with zero attached hydrogens (tertiary/aromatic N) is 1. The molecule has 2 aromatic rings. The zero-order valence-corrected chi connectivity index (χ0v) is 11.1. The van der Waals surface area contributed by atoms with Crippen LogP contribution in [-0.4, -0.2) is 16.1 Å². The van der Waals surface area contributed by atoms with E-state index in [9.17, 15) is 4.79 Å². The summed E-state index contributed by atoms with van der Waals surface area (Å²) in [5.41, 5.74) is 8.17. The van der Waals surface area contributed by atoms with Crippen molar-refractivity contribution in [2.75, 3.05) is 5.73 Å². The lowest BCUT2D eigenvalue weighted by molar-refractivity contribution is 0.0946. The van der Waals surface area contributed by atoms with Gasteiger partial charge in [-0.3, -0.25) is 9.89 Å². The Balaban J connectivity index is 1.93. The number of nitrogen functional groups attached to an aromatic ring is 1. The van der Waals surface area contributed by atoms with Crippen LogP contribution in [0.5, 0.6) is 0 Å². The minimum atomic E-state index is -0.211. The number of hydrogen-bond acceptors (Lipinski definition) is 3. The van der Waals surface area contributed by atoms with Crippen LogP contribution < -0.4 is 11.1 Å². The fourth-order valence-electron chi connectivity index (χ4n) is 1.75. The Bertz CT molecular complexity index is 557. The van der Waals surface area contributed by atoms with Crippen LogP contribution in [0.1, 0.15) is 41.4 Å². The first-order valence-corrected chi connectivity index (χ1v) is 6.24. The van der Waals surface area contributed by atoms with Gasteiger partial charge in [-0.2, -0.15) is 5.10 Å². The van der Waals surface area contributed by atoms with Crippen LogP contribution in [0.15, 0.2) is 30.3 Å². The van der Waals surface area contributed by atoms with Crippen molar-refractivity contribution >= 4 is 11.7 Å². The molecule has 0 radical (unpaired) electrons. The van der Waals surface area contributed by atoms with Gasteiger partial charge in [0.05, 0.1) is 0 Å². The lowest BCUT2D eigenvalue weighted by Crippen LogP contribution is -2.23. The third kappa shape index (κ3) is 3.34. The summed E-state index contributed by atoms with van der Waals surface area (Å²) in [7, 11) is 0. The van der Waals surface area contributed by atoms with Crippen molar-refractivity contribution in [2.24, 2.45) is 0 Å². The fourth-order valence-corrected chi connectivity index (χ4v) is 1.75. The first-order chi connectivity index (χ1) is 9.06. The molecule has 1 heterocycles. The lowest BCUT2D eigenvalue weighted by Gasteiger charge is -2.07. The average molecular weight is 258 g/mol. The molecule has 0 unspecified atom stereocenters. The van der Waals surface area contributed by atoms with Crippen molar-refractivity contribution in [1.29, 1.82) is 0 Å². The number of nitrogens with one attached hydrogen (secondary N) is 2. The highest BCUT2D eigenvalue weighted by atomic mass is 16.1. The van der Waals surface area contributed by atoms with Crippen molar-refractivity contribution in [1.82, 2.24) is 15.5 Å². The molecule has 0 saturated heterocycles. The van der Waals surface area contributed by atoms with Crippen molar-refractivity contribution in [3.8, 4) is 0 Å². The average Bonchev–Trinajstić information content (AvgIpc) is 2.83. The second-order valence-corrected chi connectivity index (χ2v) is 4.79. The van der Waals surface area contributed by atoms with Crippen LogP contribution in [-0.2, 0) is 6.54 Å². The van der Waals surface area contributed by atoms with Crippen LogP contribution in [0.4, 0.5) is 5.82 Å². The molecule has 0 atom stereocenters. The Hall–Kier alpha value is -2.30. The standard InChI is InChI=1S/C14H18N4O/c1-9(2)11-5-3-10(4-6-11)8-16-14(19)12-7-13(15)18-17-12/h3-7,9H,8H2,1-2H3,(H,16,19)(H3,15,17,18). The molecular weight excluding hydrogens is 240 g/mol. The second kappa shape index (κ2) is 5.56. The maximum Gasteiger partial charge on any atom is 0.269 e. The predicted molar refractivity (Wildman–Crippen MR) is 74.7 cm³/mol. The summed E-state index contributed by atoms with van der Waals surface area (Å²) in [6.07, 6.45) is 0. The molecule has 1 aromatic carbocycles. The van der Waals surface area contributed by atoms with Gasteiger partial charge >= 0.3 is 0 Å². The molecular formula is C14H18N4O. The number of carbonyl (C=O) groups is 1. The van der Waals surface area contributed by atoms with Gasteiger partial charge in [0.25, 0.3) is 5.91 Å². The molecule has 5 heteroatoms. The van der Waals surface area contributed by atoms with E-state index < -0.39 is 0 Å². The van der Waals surface area contributed by atoms with Crippen LogP contribution in [0.25, 0.3) is 0 Å². The van der Waals surface area contributed by atoms with Gasteiger partial charge in [0.2, 0.25) is 0 Å². The molecule has 0 aliphatic carbocycles. The maximum atomic E-state index is 11.8. The van der Waals surface area contributed by atoms with Crippen LogP contribution in [0.2, 0.25) is 0 Å². The second-order valence-electron chi connectivity index (χ2n) is 4.79. The normalized spacial score (nSPS) is 10.7. The molecule has 100 valence electrons. The topological polar surface area (TPSA) is 83.8 Å². The van der Waals surface area contributed by atoms with Gasteiger partial charge in [-0.05, 0) is 17.0 Å². The molecule has 0 aliphatic rings. The minimum absolute atomic E-state index is 0.211. The Morgan fingerprint density at radius 2 is 2.05 bits per heavy atom. The van der Waals surface area contributed by atoms with E-state index in [-0.39, 0.29) is 5.91 Å².